The van der Waals surface area contributed by atoms with Crippen molar-refractivity contribution in [1.29, 1.82) is 0 Å². The van der Waals surface area contributed by atoms with Crippen molar-refractivity contribution in [2.24, 2.45) is 0 Å². The first-order chi connectivity index (χ1) is 8.06. The van der Waals surface area contributed by atoms with Gasteiger partial charge < -0.3 is 5.32 Å². The van der Waals surface area contributed by atoms with E-state index in [1.807, 2.05) is 0 Å². The van der Waals surface area contributed by atoms with E-state index >= 15 is 0 Å². The molecule has 1 aliphatic heterocycles. The van der Waals surface area contributed by atoms with Crippen LogP contribution >= 0.6 is 0 Å². The summed E-state index contributed by atoms with van der Waals surface area (Å²) in [5.74, 6) is 0. The van der Waals surface area contributed by atoms with Crippen molar-refractivity contribution < 1.29 is 0 Å². The van der Waals surface area contributed by atoms with Crippen LogP contribution in [0.2, 0.25) is 0 Å². The van der Waals surface area contributed by atoms with E-state index in [9.17, 15) is 0 Å². The molecule has 100 valence electrons. The molecule has 1 saturated carbocycles. The molecule has 3 nitrogen and oxygen atoms in total. The predicted octanol–water partition coefficient (Wildman–Crippen LogP) is 1.54. The summed E-state index contributed by atoms with van der Waals surface area (Å²) in [6.07, 6.45) is 2.72. The molecule has 0 spiro atoms. The third-order valence-electron chi connectivity index (χ3n) is 4.28. The molecule has 3 heteroatoms. The highest BCUT2D eigenvalue weighted by Gasteiger charge is 2.35. The lowest BCUT2D eigenvalue weighted by molar-refractivity contribution is 0.0336. The van der Waals surface area contributed by atoms with Crippen molar-refractivity contribution in [1.82, 2.24) is 15.1 Å². The Morgan fingerprint density at radius 1 is 0.941 bits per heavy atom. The number of nitrogens with one attached hydrogen (secondary N) is 1. The maximum absolute atomic E-state index is 3.64. The van der Waals surface area contributed by atoms with Crippen LogP contribution < -0.4 is 5.32 Å². The van der Waals surface area contributed by atoms with Crippen molar-refractivity contribution in [2.45, 2.75) is 64.7 Å². The van der Waals surface area contributed by atoms with Gasteiger partial charge in [0.05, 0.1) is 0 Å². The van der Waals surface area contributed by atoms with Gasteiger partial charge in [-0.15, -0.1) is 0 Å². The van der Waals surface area contributed by atoms with Crippen LogP contribution in [0.1, 0.15) is 40.5 Å². The molecule has 2 fully saturated rings. The molecule has 0 aromatic heterocycles. The summed E-state index contributed by atoms with van der Waals surface area (Å²) in [4.78, 5) is 5.30. The fourth-order valence-corrected chi connectivity index (χ4v) is 3.11. The fourth-order valence-electron chi connectivity index (χ4n) is 3.11. The van der Waals surface area contributed by atoms with Gasteiger partial charge in [-0.25, -0.2) is 0 Å². The van der Waals surface area contributed by atoms with Crippen LogP contribution in [-0.4, -0.2) is 60.1 Å². The van der Waals surface area contributed by atoms with Crippen LogP contribution in [-0.2, 0) is 0 Å². The fraction of sp³-hybridized carbons (Fsp3) is 1.00. The van der Waals surface area contributed by atoms with Crippen molar-refractivity contribution in [2.75, 3.05) is 26.2 Å². The number of nitrogens with zero attached hydrogens (tertiary/aromatic N) is 2. The summed E-state index contributed by atoms with van der Waals surface area (Å²) in [5.41, 5.74) is 0. The molecule has 0 aromatic carbocycles. The Labute approximate surface area is 107 Å². The minimum Gasteiger partial charge on any atom is -0.312 e. The molecular weight excluding hydrogens is 210 g/mol. The number of hydrogen-bond acceptors (Lipinski definition) is 3. The molecule has 1 heterocycles. The zero-order valence-electron chi connectivity index (χ0n) is 11.9. The number of piperazine rings is 1. The molecule has 1 aliphatic carbocycles. The van der Waals surface area contributed by atoms with Gasteiger partial charge in [0.2, 0.25) is 0 Å². The second-order valence-electron chi connectivity index (χ2n) is 6.31. The van der Waals surface area contributed by atoms with E-state index in [-0.39, 0.29) is 0 Å². The largest absolute Gasteiger partial charge is 0.312 e. The zero-order chi connectivity index (χ0) is 12.4. The Balaban J connectivity index is 1.66. The maximum atomic E-state index is 3.64. The van der Waals surface area contributed by atoms with Crippen molar-refractivity contribution >= 4 is 0 Å². The van der Waals surface area contributed by atoms with Gasteiger partial charge in [0.15, 0.2) is 0 Å². The van der Waals surface area contributed by atoms with Crippen molar-refractivity contribution in [3.8, 4) is 0 Å². The molecule has 2 aliphatic rings. The average molecular weight is 239 g/mol. The van der Waals surface area contributed by atoms with Gasteiger partial charge in [0, 0.05) is 50.3 Å². The van der Waals surface area contributed by atoms with Crippen LogP contribution in [0.15, 0.2) is 0 Å². The van der Waals surface area contributed by atoms with E-state index in [2.05, 4.69) is 42.8 Å². The molecule has 0 atom stereocenters. The smallest absolute Gasteiger partial charge is 0.0126 e. The van der Waals surface area contributed by atoms with Gasteiger partial charge in [-0.1, -0.05) is 13.8 Å². The predicted molar refractivity (Wildman–Crippen MR) is 73.4 cm³/mol. The minimum absolute atomic E-state index is 0.638. The monoisotopic (exact) mass is 239 g/mol. The van der Waals surface area contributed by atoms with Crippen LogP contribution in [0.25, 0.3) is 0 Å². The molecule has 1 saturated heterocycles. The minimum atomic E-state index is 0.638. The molecule has 0 bridgehead atoms. The topological polar surface area (TPSA) is 18.5 Å². The Morgan fingerprint density at radius 2 is 1.53 bits per heavy atom. The second kappa shape index (κ2) is 5.68. The number of rotatable bonds is 4. The first kappa shape index (κ1) is 13.3. The van der Waals surface area contributed by atoms with E-state index in [0.717, 1.165) is 12.1 Å². The molecule has 1 N–H and O–H groups in total. The first-order valence-electron chi connectivity index (χ1n) is 7.30. The van der Waals surface area contributed by atoms with E-state index < -0.39 is 0 Å². The number of hydrogen-bond donors (Lipinski definition) is 1. The molecule has 0 aromatic rings. The summed E-state index contributed by atoms with van der Waals surface area (Å²) in [7, 11) is 0. The summed E-state index contributed by atoms with van der Waals surface area (Å²) >= 11 is 0. The van der Waals surface area contributed by atoms with E-state index in [1.165, 1.54) is 39.0 Å². The highest BCUT2D eigenvalue weighted by Crippen LogP contribution is 2.27. The first-order valence-corrected chi connectivity index (χ1v) is 7.30. The molecule has 0 amide bonds. The summed E-state index contributed by atoms with van der Waals surface area (Å²) in [5, 5.41) is 3.64. The Bertz CT molecular complexity index is 226. The molecule has 0 radical (unpaired) electrons. The normalized spacial score (nSPS) is 32.1. The van der Waals surface area contributed by atoms with Gasteiger partial charge in [0.25, 0.3) is 0 Å². The van der Waals surface area contributed by atoms with Crippen LogP contribution in [0.5, 0.6) is 0 Å². The third kappa shape index (κ3) is 3.43. The Morgan fingerprint density at radius 3 is 2.00 bits per heavy atom. The van der Waals surface area contributed by atoms with Crippen molar-refractivity contribution in [3.63, 3.8) is 0 Å². The Kier molecular flexibility index (Phi) is 4.45. The molecular formula is C14H29N3. The average Bonchev–Trinajstić information content (AvgIpc) is 2.23. The standard InChI is InChI=1S/C14H29N3/c1-11(2)15-13-9-14(10-13)17-7-5-16(6-8-17)12(3)4/h11-15H,5-10H2,1-4H3/t13-,14-. The molecule has 17 heavy (non-hydrogen) atoms. The second-order valence-corrected chi connectivity index (χ2v) is 6.31. The summed E-state index contributed by atoms with van der Waals surface area (Å²) in [6.45, 7) is 14.2. The van der Waals surface area contributed by atoms with Crippen LogP contribution in [0.3, 0.4) is 0 Å². The van der Waals surface area contributed by atoms with Gasteiger partial charge in [-0.2, -0.15) is 0 Å². The van der Waals surface area contributed by atoms with Gasteiger partial charge >= 0.3 is 0 Å². The maximum Gasteiger partial charge on any atom is 0.0126 e. The zero-order valence-corrected chi connectivity index (χ0v) is 11.9. The quantitative estimate of drug-likeness (QED) is 0.803. The van der Waals surface area contributed by atoms with Crippen LogP contribution in [0.4, 0.5) is 0 Å². The lowest BCUT2D eigenvalue weighted by atomic mass is 9.84. The van der Waals surface area contributed by atoms with Crippen molar-refractivity contribution in [3.05, 3.63) is 0 Å². The molecule has 0 unspecified atom stereocenters. The highest BCUT2D eigenvalue weighted by molar-refractivity contribution is 4.94. The van der Waals surface area contributed by atoms with E-state index in [0.29, 0.717) is 12.1 Å². The Hall–Kier alpha value is -0.120. The summed E-state index contributed by atoms with van der Waals surface area (Å²) < 4.78 is 0. The third-order valence-corrected chi connectivity index (χ3v) is 4.28. The summed E-state index contributed by atoms with van der Waals surface area (Å²) in [6, 6.07) is 3.00. The van der Waals surface area contributed by atoms with Gasteiger partial charge in [-0.3, -0.25) is 9.80 Å². The van der Waals surface area contributed by atoms with Gasteiger partial charge in [0.1, 0.15) is 0 Å². The van der Waals surface area contributed by atoms with E-state index in [4.69, 9.17) is 0 Å². The SMILES string of the molecule is CC(C)N[C@H]1C[C@H](N2CCN(C(C)C)CC2)C1. The molecule has 2 rings (SSSR count). The van der Waals surface area contributed by atoms with Gasteiger partial charge in [-0.05, 0) is 26.7 Å². The van der Waals surface area contributed by atoms with E-state index in [1.54, 1.807) is 0 Å². The highest BCUT2D eigenvalue weighted by atomic mass is 15.3. The lowest BCUT2D eigenvalue weighted by Crippen LogP contribution is -2.59. The van der Waals surface area contributed by atoms with Crippen LogP contribution in [0, 0.1) is 0 Å². The lowest BCUT2D eigenvalue weighted by Gasteiger charge is -2.47.